The van der Waals surface area contributed by atoms with Gasteiger partial charge < -0.3 is 0 Å². The quantitative estimate of drug-likeness (QED) is 0.751. The lowest BCUT2D eigenvalue weighted by Gasteiger charge is -2.37. The molecule has 2 aromatic carbocycles. The normalized spacial score (nSPS) is 25.2. The van der Waals surface area contributed by atoms with Gasteiger partial charge in [0.1, 0.15) is 0 Å². The van der Waals surface area contributed by atoms with E-state index < -0.39 is 20.0 Å². The second kappa shape index (κ2) is 7.67. The van der Waals surface area contributed by atoms with Crippen LogP contribution >= 0.6 is 11.6 Å². The Morgan fingerprint density at radius 2 is 1.55 bits per heavy atom. The van der Waals surface area contributed by atoms with Crippen molar-refractivity contribution in [1.82, 2.24) is 9.03 Å². The van der Waals surface area contributed by atoms with Crippen molar-refractivity contribution in [2.45, 2.75) is 48.7 Å². The number of halogens is 1. The van der Waals surface area contributed by atoms with Gasteiger partial charge in [0.2, 0.25) is 20.0 Å². The van der Waals surface area contributed by atoms with Crippen LogP contribution in [-0.2, 0) is 20.0 Å². The molecule has 2 fully saturated rings. The van der Waals surface area contributed by atoms with Crippen LogP contribution in [0.25, 0.3) is 11.1 Å². The fourth-order valence-corrected chi connectivity index (χ4v) is 7.47. The first-order valence-electron chi connectivity index (χ1n) is 9.50. The van der Waals surface area contributed by atoms with Crippen molar-refractivity contribution in [2.24, 2.45) is 0 Å². The number of hydrogen-bond acceptors (Lipinski definition) is 4. The van der Waals surface area contributed by atoms with E-state index in [0.29, 0.717) is 17.9 Å². The lowest BCUT2D eigenvalue weighted by atomic mass is 10.0. The van der Waals surface area contributed by atoms with E-state index in [0.717, 1.165) is 24.0 Å². The fraction of sp³-hybridized carbons (Fsp3) is 0.400. The summed E-state index contributed by atoms with van der Waals surface area (Å²) in [5.41, 5.74) is 1.80. The number of nitrogens with zero attached hydrogens (tertiary/aromatic N) is 1. The van der Waals surface area contributed by atoms with Crippen LogP contribution in [0.4, 0.5) is 0 Å². The molecule has 2 saturated heterocycles. The van der Waals surface area contributed by atoms with Crippen LogP contribution in [0, 0.1) is 0 Å². The second-order valence-electron chi connectivity index (χ2n) is 7.80. The number of piperidine rings is 1. The lowest BCUT2D eigenvalue weighted by molar-refractivity contribution is 0.221. The van der Waals surface area contributed by atoms with E-state index in [1.807, 2.05) is 18.2 Å². The van der Waals surface area contributed by atoms with Crippen molar-refractivity contribution in [3.8, 4) is 11.1 Å². The molecule has 4 rings (SSSR count). The van der Waals surface area contributed by atoms with E-state index in [-0.39, 0.29) is 23.0 Å². The average molecular weight is 455 g/mol. The van der Waals surface area contributed by atoms with Crippen molar-refractivity contribution in [2.75, 3.05) is 6.26 Å². The third-order valence-corrected chi connectivity index (χ3v) is 8.83. The zero-order chi connectivity index (χ0) is 20.8. The summed E-state index contributed by atoms with van der Waals surface area (Å²) in [6, 6.07) is 13.6. The molecule has 0 saturated carbocycles. The smallest absolute Gasteiger partial charge is 0.212 e. The first kappa shape index (κ1) is 20.8. The summed E-state index contributed by atoms with van der Waals surface area (Å²) in [6.07, 6.45) is 3.80. The molecule has 2 atom stereocenters. The van der Waals surface area contributed by atoms with Gasteiger partial charge in [0.05, 0.1) is 11.2 Å². The first-order chi connectivity index (χ1) is 13.6. The van der Waals surface area contributed by atoms with Crippen molar-refractivity contribution >= 4 is 31.6 Å². The minimum Gasteiger partial charge on any atom is -0.212 e. The molecule has 2 heterocycles. The zero-order valence-electron chi connectivity index (χ0n) is 16.0. The van der Waals surface area contributed by atoms with Gasteiger partial charge in [-0.2, -0.15) is 4.31 Å². The summed E-state index contributed by atoms with van der Waals surface area (Å²) < 4.78 is 54.1. The highest BCUT2D eigenvalue weighted by Gasteiger charge is 2.45. The van der Waals surface area contributed by atoms with Gasteiger partial charge in [-0.15, -0.1) is 0 Å². The summed E-state index contributed by atoms with van der Waals surface area (Å²) in [5, 5.41) is 0.621. The largest absolute Gasteiger partial charge is 0.240 e. The van der Waals surface area contributed by atoms with Crippen molar-refractivity contribution in [1.29, 1.82) is 0 Å². The van der Waals surface area contributed by atoms with Crippen LogP contribution in [0.3, 0.4) is 0 Å². The minimum absolute atomic E-state index is 0.123. The fourth-order valence-electron chi connectivity index (χ4n) is 4.55. The van der Waals surface area contributed by atoms with E-state index in [1.54, 1.807) is 34.6 Å². The van der Waals surface area contributed by atoms with Gasteiger partial charge in [-0.3, -0.25) is 0 Å². The van der Waals surface area contributed by atoms with Gasteiger partial charge in [0.25, 0.3) is 0 Å². The highest BCUT2D eigenvalue weighted by molar-refractivity contribution is 7.89. The van der Waals surface area contributed by atoms with Gasteiger partial charge in [0.15, 0.2) is 0 Å². The molecule has 0 radical (unpaired) electrons. The molecule has 6 nitrogen and oxygen atoms in total. The average Bonchev–Trinajstić information content (AvgIpc) is 2.94. The maximum absolute atomic E-state index is 12.9. The summed E-state index contributed by atoms with van der Waals surface area (Å²) in [5.74, 6) is 0. The number of fused-ring (bicyclic) bond motifs is 2. The molecule has 1 N–H and O–H groups in total. The molecular formula is C20H23ClN2O4S2. The molecule has 2 aliphatic rings. The summed E-state index contributed by atoms with van der Waals surface area (Å²) in [7, 11) is -6.95. The highest BCUT2D eigenvalue weighted by atomic mass is 35.5. The van der Waals surface area contributed by atoms with Crippen molar-refractivity contribution in [3.05, 3.63) is 53.6 Å². The molecule has 2 bridgehead atoms. The maximum Gasteiger partial charge on any atom is 0.240 e. The van der Waals surface area contributed by atoms with Crippen LogP contribution in [0.15, 0.2) is 53.4 Å². The predicted molar refractivity (Wildman–Crippen MR) is 114 cm³/mol. The van der Waals surface area contributed by atoms with Gasteiger partial charge in [0, 0.05) is 23.1 Å². The second-order valence-corrected chi connectivity index (χ2v) is 11.8. The zero-order valence-corrected chi connectivity index (χ0v) is 18.3. The molecule has 0 aromatic heterocycles. The number of benzene rings is 2. The Labute approximate surface area is 177 Å². The molecule has 0 amide bonds. The number of sulfonamides is 2. The Hall–Kier alpha value is -1.45. The predicted octanol–water partition coefficient (Wildman–Crippen LogP) is 3.24. The standard InChI is InChI=1S/C20H23ClN2O4S2/c1-28(24,25)23-18-7-8-19(23)13-17(12-18)22-29(26,27)20-9-5-14(6-10-20)15-3-2-4-16(21)11-15/h2-6,9-11,17-19,22H,7-8,12-13H2,1H3. The van der Waals surface area contributed by atoms with E-state index in [1.165, 1.54) is 6.26 Å². The number of rotatable bonds is 5. The van der Waals surface area contributed by atoms with Crippen molar-refractivity contribution in [3.63, 3.8) is 0 Å². The Morgan fingerprint density at radius 3 is 2.10 bits per heavy atom. The SMILES string of the molecule is CS(=O)(=O)N1C2CCC1CC(NS(=O)(=O)c1ccc(-c3cccc(Cl)c3)cc1)C2. The number of nitrogens with one attached hydrogen (secondary N) is 1. The van der Waals surface area contributed by atoms with Crippen LogP contribution in [0.5, 0.6) is 0 Å². The van der Waals surface area contributed by atoms with Crippen LogP contribution < -0.4 is 4.72 Å². The third kappa shape index (κ3) is 4.36. The topological polar surface area (TPSA) is 83.6 Å². The maximum atomic E-state index is 12.9. The van der Waals surface area contributed by atoms with Gasteiger partial charge in [-0.1, -0.05) is 35.9 Å². The van der Waals surface area contributed by atoms with E-state index in [2.05, 4.69) is 4.72 Å². The van der Waals surface area contributed by atoms with Gasteiger partial charge in [-0.25, -0.2) is 21.6 Å². The Bertz CT molecular complexity index is 1100. The summed E-state index contributed by atoms with van der Waals surface area (Å²) in [4.78, 5) is 0.196. The van der Waals surface area contributed by atoms with Gasteiger partial charge in [-0.05, 0) is 61.1 Å². The molecule has 0 spiro atoms. The molecule has 2 aliphatic heterocycles. The summed E-state index contributed by atoms with van der Waals surface area (Å²) >= 11 is 6.03. The Morgan fingerprint density at radius 1 is 0.931 bits per heavy atom. The Kier molecular flexibility index (Phi) is 5.50. The Balaban J connectivity index is 1.49. The van der Waals surface area contributed by atoms with Crippen LogP contribution in [0.2, 0.25) is 5.02 Å². The van der Waals surface area contributed by atoms with Crippen LogP contribution in [0.1, 0.15) is 25.7 Å². The van der Waals surface area contributed by atoms with E-state index >= 15 is 0 Å². The van der Waals surface area contributed by atoms with E-state index in [9.17, 15) is 16.8 Å². The first-order valence-corrected chi connectivity index (χ1v) is 13.2. The van der Waals surface area contributed by atoms with E-state index in [4.69, 9.17) is 11.6 Å². The molecular weight excluding hydrogens is 432 g/mol. The minimum atomic E-state index is -3.68. The monoisotopic (exact) mass is 454 g/mol. The third-order valence-electron chi connectivity index (χ3n) is 5.69. The van der Waals surface area contributed by atoms with Gasteiger partial charge >= 0.3 is 0 Å². The van der Waals surface area contributed by atoms with Crippen molar-refractivity contribution < 1.29 is 16.8 Å². The molecule has 156 valence electrons. The molecule has 2 unspecified atom stereocenters. The number of hydrogen-bond donors (Lipinski definition) is 1. The molecule has 29 heavy (non-hydrogen) atoms. The lowest BCUT2D eigenvalue weighted by Crippen LogP contribution is -2.51. The molecule has 2 aromatic rings. The molecule has 0 aliphatic carbocycles. The molecule has 9 heteroatoms. The highest BCUT2D eigenvalue weighted by Crippen LogP contribution is 2.38. The summed E-state index contributed by atoms with van der Waals surface area (Å²) in [6.45, 7) is 0. The van der Waals surface area contributed by atoms with Crippen LogP contribution in [-0.4, -0.2) is 45.5 Å².